The van der Waals surface area contributed by atoms with E-state index in [9.17, 15) is 4.79 Å². The van der Waals surface area contributed by atoms with Gasteiger partial charge in [0.15, 0.2) is 0 Å². The fourth-order valence-corrected chi connectivity index (χ4v) is 2.14. The number of hydrogen-bond acceptors (Lipinski definition) is 3. The number of imidazole rings is 1. The molecule has 1 heterocycles. The van der Waals surface area contributed by atoms with Gasteiger partial charge in [-0.15, -0.1) is 0 Å². The van der Waals surface area contributed by atoms with Crippen LogP contribution < -0.4 is 0 Å². The molecule has 1 aromatic heterocycles. The van der Waals surface area contributed by atoms with E-state index in [0.717, 1.165) is 24.2 Å². The molecule has 0 saturated carbocycles. The van der Waals surface area contributed by atoms with E-state index in [1.165, 1.54) is 44.6 Å². The molecule has 0 aromatic carbocycles. The number of unbranched alkanes of at least 4 members (excludes halogenated alkanes) is 7. The molecule has 21 heavy (non-hydrogen) atoms. The van der Waals surface area contributed by atoms with Crippen molar-refractivity contribution in [2.75, 3.05) is 6.61 Å². The van der Waals surface area contributed by atoms with Crippen molar-refractivity contribution < 1.29 is 9.53 Å². The monoisotopic (exact) mass is 292 g/mol. The SMILES string of the molecule is CCCCCCCCCCOC(=O)C=Cc1nc[nH]c1C. The predicted octanol–water partition coefficient (Wildman–Crippen LogP) is 4.42. The van der Waals surface area contributed by atoms with Crippen LogP contribution in [0.1, 0.15) is 69.7 Å². The summed E-state index contributed by atoms with van der Waals surface area (Å²) in [6, 6.07) is 0. The first-order chi connectivity index (χ1) is 10.2. The van der Waals surface area contributed by atoms with Gasteiger partial charge >= 0.3 is 5.97 Å². The number of carbonyl (C=O) groups is 1. The van der Waals surface area contributed by atoms with Crippen molar-refractivity contribution in [1.82, 2.24) is 9.97 Å². The minimum atomic E-state index is -0.291. The lowest BCUT2D eigenvalue weighted by atomic mass is 10.1. The van der Waals surface area contributed by atoms with E-state index in [1.807, 2.05) is 6.92 Å². The molecule has 0 atom stereocenters. The molecule has 0 fully saturated rings. The lowest BCUT2D eigenvalue weighted by molar-refractivity contribution is -0.137. The summed E-state index contributed by atoms with van der Waals surface area (Å²) in [5.74, 6) is -0.291. The molecule has 4 nitrogen and oxygen atoms in total. The molecular weight excluding hydrogens is 264 g/mol. The van der Waals surface area contributed by atoms with Gasteiger partial charge in [-0.25, -0.2) is 9.78 Å². The van der Waals surface area contributed by atoms with Crippen LogP contribution in [0.4, 0.5) is 0 Å². The van der Waals surface area contributed by atoms with Gasteiger partial charge in [-0.05, 0) is 19.4 Å². The quantitative estimate of drug-likeness (QED) is 0.373. The summed E-state index contributed by atoms with van der Waals surface area (Å²) in [6.45, 7) is 4.66. The Morgan fingerprint density at radius 2 is 1.86 bits per heavy atom. The first kappa shape index (κ1) is 17.5. The summed E-state index contributed by atoms with van der Waals surface area (Å²) >= 11 is 0. The average Bonchev–Trinajstić information content (AvgIpc) is 2.89. The number of hydrogen-bond donors (Lipinski definition) is 1. The molecule has 0 spiro atoms. The van der Waals surface area contributed by atoms with Gasteiger partial charge in [0.25, 0.3) is 0 Å². The summed E-state index contributed by atoms with van der Waals surface area (Å²) in [5.41, 5.74) is 1.72. The standard InChI is InChI=1S/C17H28N2O2/c1-3-4-5-6-7-8-9-10-13-21-17(20)12-11-16-15(2)18-14-19-16/h11-12,14H,3-10,13H2,1-2H3,(H,18,19). The van der Waals surface area contributed by atoms with Gasteiger partial charge < -0.3 is 9.72 Å². The van der Waals surface area contributed by atoms with Crippen LogP contribution in [-0.2, 0) is 9.53 Å². The van der Waals surface area contributed by atoms with Crippen LogP contribution in [-0.4, -0.2) is 22.5 Å². The molecule has 0 aliphatic rings. The lowest BCUT2D eigenvalue weighted by Gasteiger charge is -2.02. The summed E-state index contributed by atoms with van der Waals surface area (Å²) in [4.78, 5) is 18.6. The van der Waals surface area contributed by atoms with E-state index in [1.54, 1.807) is 12.4 Å². The fraction of sp³-hybridized carbons (Fsp3) is 0.647. The van der Waals surface area contributed by atoms with Crippen LogP contribution in [0.15, 0.2) is 12.4 Å². The Kier molecular flexibility index (Phi) is 9.25. The molecule has 1 rings (SSSR count). The second kappa shape index (κ2) is 11.1. The van der Waals surface area contributed by atoms with Crippen molar-refractivity contribution in [1.29, 1.82) is 0 Å². The molecule has 0 bridgehead atoms. The van der Waals surface area contributed by atoms with Crippen LogP contribution in [0.5, 0.6) is 0 Å². The van der Waals surface area contributed by atoms with E-state index in [0.29, 0.717) is 6.61 Å². The van der Waals surface area contributed by atoms with Gasteiger partial charge in [0, 0.05) is 11.8 Å². The zero-order chi connectivity index (χ0) is 15.3. The fourth-order valence-electron chi connectivity index (χ4n) is 2.14. The number of aromatic nitrogens is 2. The first-order valence-corrected chi connectivity index (χ1v) is 8.09. The maximum atomic E-state index is 11.5. The summed E-state index contributed by atoms with van der Waals surface area (Å²) < 4.78 is 5.16. The molecular formula is C17H28N2O2. The van der Waals surface area contributed by atoms with Crippen molar-refractivity contribution in [3.05, 3.63) is 23.8 Å². The lowest BCUT2D eigenvalue weighted by Crippen LogP contribution is -2.02. The number of H-pyrrole nitrogens is 1. The van der Waals surface area contributed by atoms with Crippen LogP contribution in [0.25, 0.3) is 6.08 Å². The predicted molar refractivity (Wildman–Crippen MR) is 85.9 cm³/mol. The molecule has 0 unspecified atom stereocenters. The highest BCUT2D eigenvalue weighted by Crippen LogP contribution is 2.08. The summed E-state index contributed by atoms with van der Waals surface area (Å²) in [6.07, 6.45) is 14.7. The van der Waals surface area contributed by atoms with Crippen molar-refractivity contribution in [3.63, 3.8) is 0 Å². The van der Waals surface area contributed by atoms with Gasteiger partial charge in [0.1, 0.15) is 0 Å². The first-order valence-electron chi connectivity index (χ1n) is 8.09. The zero-order valence-electron chi connectivity index (χ0n) is 13.4. The van der Waals surface area contributed by atoms with Crippen LogP contribution in [0.3, 0.4) is 0 Å². The summed E-state index contributed by atoms with van der Waals surface area (Å²) in [5, 5.41) is 0. The Morgan fingerprint density at radius 3 is 2.48 bits per heavy atom. The highest BCUT2D eigenvalue weighted by atomic mass is 16.5. The number of aryl methyl sites for hydroxylation is 1. The largest absolute Gasteiger partial charge is 0.463 e. The van der Waals surface area contributed by atoms with Crippen LogP contribution >= 0.6 is 0 Å². The number of aromatic amines is 1. The second-order valence-electron chi connectivity index (χ2n) is 5.39. The van der Waals surface area contributed by atoms with Gasteiger partial charge in [-0.2, -0.15) is 0 Å². The molecule has 0 aliphatic carbocycles. The van der Waals surface area contributed by atoms with Crippen molar-refractivity contribution in [2.24, 2.45) is 0 Å². The molecule has 0 amide bonds. The van der Waals surface area contributed by atoms with Crippen molar-refractivity contribution >= 4 is 12.0 Å². The maximum Gasteiger partial charge on any atom is 0.330 e. The number of ether oxygens (including phenoxy) is 1. The Hall–Kier alpha value is -1.58. The minimum Gasteiger partial charge on any atom is -0.463 e. The summed E-state index contributed by atoms with van der Waals surface area (Å²) in [7, 11) is 0. The van der Waals surface area contributed by atoms with Gasteiger partial charge in [0.05, 0.1) is 18.6 Å². The topological polar surface area (TPSA) is 55.0 Å². The Balaban J connectivity index is 1.99. The number of nitrogens with one attached hydrogen (secondary N) is 1. The molecule has 0 radical (unpaired) electrons. The van der Waals surface area contributed by atoms with E-state index in [-0.39, 0.29) is 5.97 Å². The molecule has 4 heteroatoms. The normalized spacial score (nSPS) is 11.1. The van der Waals surface area contributed by atoms with Gasteiger partial charge in [0.2, 0.25) is 0 Å². The molecule has 1 aromatic rings. The van der Waals surface area contributed by atoms with E-state index >= 15 is 0 Å². The average molecular weight is 292 g/mol. The smallest absolute Gasteiger partial charge is 0.330 e. The number of rotatable bonds is 11. The van der Waals surface area contributed by atoms with E-state index in [4.69, 9.17) is 4.74 Å². The van der Waals surface area contributed by atoms with Crippen molar-refractivity contribution in [2.45, 2.75) is 65.2 Å². The highest BCUT2D eigenvalue weighted by molar-refractivity contribution is 5.86. The number of nitrogens with zero attached hydrogens (tertiary/aromatic N) is 1. The number of esters is 1. The van der Waals surface area contributed by atoms with Gasteiger partial charge in [-0.1, -0.05) is 51.9 Å². The van der Waals surface area contributed by atoms with Crippen LogP contribution in [0, 0.1) is 6.92 Å². The Labute approximate surface area is 128 Å². The van der Waals surface area contributed by atoms with Gasteiger partial charge in [-0.3, -0.25) is 0 Å². The maximum absolute atomic E-state index is 11.5. The van der Waals surface area contributed by atoms with Crippen molar-refractivity contribution in [3.8, 4) is 0 Å². The molecule has 0 aliphatic heterocycles. The highest BCUT2D eigenvalue weighted by Gasteiger charge is 2.00. The molecule has 0 saturated heterocycles. The second-order valence-corrected chi connectivity index (χ2v) is 5.39. The van der Waals surface area contributed by atoms with E-state index in [2.05, 4.69) is 16.9 Å². The minimum absolute atomic E-state index is 0.291. The third-order valence-electron chi connectivity index (χ3n) is 3.49. The zero-order valence-corrected chi connectivity index (χ0v) is 13.4. The van der Waals surface area contributed by atoms with Crippen LogP contribution in [0.2, 0.25) is 0 Å². The third-order valence-corrected chi connectivity index (χ3v) is 3.49. The molecule has 1 N–H and O–H groups in total. The Bertz CT molecular complexity index is 424. The number of carbonyl (C=O) groups excluding carboxylic acids is 1. The third kappa shape index (κ3) is 8.33. The van der Waals surface area contributed by atoms with E-state index < -0.39 is 0 Å². The molecule has 118 valence electrons. The Morgan fingerprint density at radius 1 is 1.19 bits per heavy atom.